The molecular weight excluding hydrogens is 398 g/mol. The van der Waals surface area contributed by atoms with E-state index in [4.69, 9.17) is 4.65 Å². The first kappa shape index (κ1) is 20.4. The van der Waals surface area contributed by atoms with Crippen LogP contribution in [0.1, 0.15) is 43.1 Å². The van der Waals surface area contributed by atoms with Gasteiger partial charge in [0.2, 0.25) is 5.43 Å². The molecule has 1 fully saturated rings. The minimum atomic E-state index is -2.07. The van der Waals surface area contributed by atoms with Crippen LogP contribution in [0.25, 0.3) is 10.9 Å². The van der Waals surface area contributed by atoms with Crippen LogP contribution in [0.3, 0.4) is 0 Å². The molecule has 0 radical (unpaired) electrons. The summed E-state index contributed by atoms with van der Waals surface area (Å²) in [5.41, 5.74) is -2.28. The van der Waals surface area contributed by atoms with E-state index in [1.807, 2.05) is 0 Å². The van der Waals surface area contributed by atoms with E-state index >= 15 is 0 Å². The van der Waals surface area contributed by atoms with Crippen molar-refractivity contribution in [3.63, 3.8) is 0 Å². The smallest absolute Gasteiger partial charge is 0.462 e. The van der Waals surface area contributed by atoms with Crippen LogP contribution < -0.4 is 5.43 Å². The van der Waals surface area contributed by atoms with Crippen molar-refractivity contribution in [1.82, 2.24) is 4.57 Å². The largest absolute Gasteiger partial charge is 0.870 e. The molecular formula is C17H13BF3NO7. The molecule has 3 rings (SSSR count). The number of hydrogen-bond acceptors (Lipinski definition) is 7. The summed E-state index contributed by atoms with van der Waals surface area (Å²) in [7, 11) is -2.07. The molecule has 1 aliphatic carbocycles. The van der Waals surface area contributed by atoms with E-state index in [1.165, 1.54) is 0 Å². The summed E-state index contributed by atoms with van der Waals surface area (Å²) < 4.78 is 56.6. The molecule has 152 valence electrons. The van der Waals surface area contributed by atoms with Gasteiger partial charge in [0.05, 0.1) is 10.9 Å². The molecule has 29 heavy (non-hydrogen) atoms. The molecule has 2 aromatic rings. The summed E-state index contributed by atoms with van der Waals surface area (Å²) in [4.78, 5) is 47.2. The average Bonchev–Trinajstić information content (AvgIpc) is 3.44. The third-order valence-electron chi connectivity index (χ3n) is 4.04. The third kappa shape index (κ3) is 4.10. The number of carbonyl (C=O) groups is 3. The molecule has 0 saturated heterocycles. The van der Waals surface area contributed by atoms with Gasteiger partial charge in [0.25, 0.3) is 11.9 Å². The number of fused-ring (bicyclic) bond motifs is 1. The van der Waals surface area contributed by atoms with E-state index in [1.54, 1.807) is 0 Å². The van der Waals surface area contributed by atoms with Crippen molar-refractivity contribution in [1.29, 1.82) is 0 Å². The van der Waals surface area contributed by atoms with Crippen molar-refractivity contribution in [3.8, 4) is 0 Å². The molecule has 0 aliphatic heterocycles. The van der Waals surface area contributed by atoms with Crippen LogP contribution >= 0.6 is 0 Å². The van der Waals surface area contributed by atoms with Gasteiger partial charge < -0.3 is 18.5 Å². The minimum Gasteiger partial charge on any atom is -0.462 e. The zero-order chi connectivity index (χ0) is 21.5. The molecule has 0 unspecified atom stereocenters. The molecule has 8 nitrogen and oxygen atoms in total. The molecule has 0 spiro atoms. The van der Waals surface area contributed by atoms with Crippen LogP contribution in [0.4, 0.5) is 13.2 Å². The number of rotatable bonds is 5. The molecule has 1 aromatic carbocycles. The maximum absolute atomic E-state index is 14.3. The number of carbonyl (C=O) groups excluding carboxylic acids is 3. The highest BCUT2D eigenvalue weighted by Crippen LogP contribution is 2.38. The Kier molecular flexibility index (Phi) is 5.36. The molecule has 0 N–H and O–H groups in total. The second kappa shape index (κ2) is 7.61. The summed E-state index contributed by atoms with van der Waals surface area (Å²) in [6.45, 7) is 1.92. The molecule has 12 heteroatoms. The van der Waals surface area contributed by atoms with E-state index in [0.29, 0.717) is 18.9 Å². The summed E-state index contributed by atoms with van der Waals surface area (Å²) in [6, 6.07) is 0.156. The zero-order valence-corrected chi connectivity index (χ0v) is 15.2. The van der Waals surface area contributed by atoms with Gasteiger partial charge in [-0.15, -0.1) is 0 Å². The maximum Gasteiger partial charge on any atom is 0.870 e. The van der Waals surface area contributed by atoms with Gasteiger partial charge in [0.15, 0.2) is 17.5 Å². The van der Waals surface area contributed by atoms with Crippen LogP contribution in [0.2, 0.25) is 0 Å². The van der Waals surface area contributed by atoms with Gasteiger partial charge in [0, 0.05) is 26.1 Å². The molecule has 1 aliphatic rings. The number of pyridine rings is 1. The van der Waals surface area contributed by atoms with Gasteiger partial charge in [-0.3, -0.25) is 14.4 Å². The first-order valence-corrected chi connectivity index (χ1v) is 8.38. The quantitative estimate of drug-likeness (QED) is 0.548. The molecule has 1 aromatic heterocycles. The van der Waals surface area contributed by atoms with Crippen molar-refractivity contribution in [3.05, 3.63) is 45.5 Å². The molecule has 1 saturated carbocycles. The van der Waals surface area contributed by atoms with Crippen LogP contribution in [-0.4, -0.2) is 29.8 Å². The fraction of sp³-hybridized carbons (Fsp3) is 0.294. The fourth-order valence-corrected chi connectivity index (χ4v) is 2.70. The normalized spacial score (nSPS) is 13.1. The summed E-state index contributed by atoms with van der Waals surface area (Å²) in [5, 5.41) is -0.570. The lowest BCUT2D eigenvalue weighted by Gasteiger charge is -2.15. The predicted octanol–water partition coefficient (Wildman–Crippen LogP) is 2.02. The summed E-state index contributed by atoms with van der Waals surface area (Å²) >= 11 is 0. The van der Waals surface area contributed by atoms with Crippen molar-refractivity contribution < 1.29 is 41.5 Å². The van der Waals surface area contributed by atoms with Gasteiger partial charge in [-0.05, 0) is 18.9 Å². The van der Waals surface area contributed by atoms with Crippen LogP contribution in [0, 0.1) is 17.5 Å². The standard InChI is InChI=1S/C17H13BF3NO7/c1-7(23)27-18(28-8(2)24)29-17(26)11-6-22(9-3-4-9)15-10(16(11)25)5-12(19)13(20)14(15)21/h5-6,9H,3-4H2,1-2H3. The number of halogens is 3. The van der Waals surface area contributed by atoms with Crippen molar-refractivity contribution in [2.24, 2.45) is 0 Å². The van der Waals surface area contributed by atoms with E-state index < -0.39 is 64.6 Å². The maximum atomic E-state index is 14.3. The lowest BCUT2D eigenvalue weighted by Crippen LogP contribution is -2.35. The number of hydrogen-bond donors (Lipinski definition) is 0. The zero-order valence-electron chi connectivity index (χ0n) is 15.2. The van der Waals surface area contributed by atoms with Gasteiger partial charge in [-0.2, -0.15) is 0 Å². The Balaban J connectivity index is 2.09. The second-order valence-corrected chi connectivity index (χ2v) is 6.31. The van der Waals surface area contributed by atoms with Gasteiger partial charge >= 0.3 is 13.3 Å². The highest BCUT2D eigenvalue weighted by atomic mass is 19.2. The minimum absolute atomic E-state index is 0.332. The Hall–Kier alpha value is -3.31. The number of nitrogens with zero attached hydrogens (tertiary/aromatic N) is 1. The summed E-state index contributed by atoms with van der Waals surface area (Å²) in [5.74, 6) is -8.16. The molecule has 0 atom stereocenters. The van der Waals surface area contributed by atoms with Crippen LogP contribution in [0.15, 0.2) is 17.1 Å². The van der Waals surface area contributed by atoms with Crippen LogP contribution in [-0.2, 0) is 23.6 Å². The Morgan fingerprint density at radius 2 is 1.62 bits per heavy atom. The van der Waals surface area contributed by atoms with E-state index in [0.717, 1.165) is 24.6 Å². The van der Waals surface area contributed by atoms with Crippen molar-refractivity contribution >= 4 is 36.1 Å². The third-order valence-corrected chi connectivity index (χ3v) is 4.04. The highest BCUT2D eigenvalue weighted by molar-refractivity contribution is 6.44. The first-order valence-electron chi connectivity index (χ1n) is 8.38. The van der Waals surface area contributed by atoms with E-state index in [-0.39, 0.29) is 6.04 Å². The Bertz CT molecular complexity index is 1080. The topological polar surface area (TPSA) is 101 Å². The second-order valence-electron chi connectivity index (χ2n) is 6.31. The number of aromatic nitrogens is 1. The highest BCUT2D eigenvalue weighted by Gasteiger charge is 2.37. The molecule has 1 heterocycles. The lowest BCUT2D eigenvalue weighted by atomic mass is 10.1. The first-order chi connectivity index (χ1) is 13.6. The monoisotopic (exact) mass is 411 g/mol. The average molecular weight is 411 g/mol. The van der Waals surface area contributed by atoms with Crippen molar-refractivity contribution in [2.45, 2.75) is 32.7 Å². The predicted molar refractivity (Wildman–Crippen MR) is 91.1 cm³/mol. The summed E-state index contributed by atoms with van der Waals surface area (Å²) in [6.07, 6.45) is 2.08. The molecule has 0 amide bonds. The van der Waals surface area contributed by atoms with Gasteiger partial charge in [0.1, 0.15) is 5.56 Å². The lowest BCUT2D eigenvalue weighted by molar-refractivity contribution is -0.139. The van der Waals surface area contributed by atoms with Crippen molar-refractivity contribution in [2.75, 3.05) is 0 Å². The Morgan fingerprint density at radius 1 is 1.03 bits per heavy atom. The van der Waals surface area contributed by atoms with E-state index in [2.05, 4.69) is 9.31 Å². The fourth-order valence-electron chi connectivity index (χ4n) is 2.70. The SMILES string of the molecule is CC(=O)OB(OC(C)=O)OC(=O)c1cn(C2CC2)c2c(F)c(F)c(F)cc2c1=O. The van der Waals surface area contributed by atoms with E-state index in [9.17, 15) is 32.3 Å². The Morgan fingerprint density at radius 3 is 2.14 bits per heavy atom. The Labute approximate surface area is 161 Å². The van der Waals surface area contributed by atoms with Crippen LogP contribution in [0.5, 0.6) is 0 Å². The molecule has 0 bridgehead atoms. The number of benzene rings is 1. The van der Waals surface area contributed by atoms with Gasteiger partial charge in [-0.25, -0.2) is 18.0 Å². The van der Waals surface area contributed by atoms with Gasteiger partial charge in [-0.1, -0.05) is 0 Å².